The van der Waals surface area contributed by atoms with E-state index in [0.29, 0.717) is 0 Å². The van der Waals surface area contributed by atoms with Crippen LogP contribution in [0.5, 0.6) is 0 Å². The third-order valence-electron chi connectivity index (χ3n) is 2.62. The molecule has 1 aliphatic rings. The van der Waals surface area contributed by atoms with E-state index >= 15 is 0 Å². The zero-order chi connectivity index (χ0) is 13.8. The van der Waals surface area contributed by atoms with Gasteiger partial charge in [-0.3, -0.25) is 9.59 Å². The molecule has 0 saturated heterocycles. The van der Waals surface area contributed by atoms with Crippen LogP contribution < -0.4 is 16.0 Å². The van der Waals surface area contributed by atoms with E-state index in [1.54, 1.807) is 0 Å². The molecule has 7 heteroatoms. The summed E-state index contributed by atoms with van der Waals surface area (Å²) in [7, 11) is 0. The summed E-state index contributed by atoms with van der Waals surface area (Å²) in [4.78, 5) is 33.4. The number of nitrogens with one attached hydrogen (secondary N) is 3. The molecule has 0 aromatic heterocycles. The van der Waals surface area contributed by atoms with E-state index in [2.05, 4.69) is 16.0 Å². The smallest absolute Gasteiger partial charge is 0.315 e. The average Bonchev–Trinajstić information content (AvgIpc) is 3.07. The molecule has 7 nitrogen and oxygen atoms in total. The molecule has 0 bridgehead atoms. The highest BCUT2D eigenvalue weighted by Crippen LogP contribution is 2.18. The van der Waals surface area contributed by atoms with E-state index < -0.39 is 17.4 Å². The van der Waals surface area contributed by atoms with Crippen LogP contribution in [-0.2, 0) is 9.59 Å². The number of amides is 3. The van der Waals surface area contributed by atoms with Crippen molar-refractivity contribution in [2.45, 2.75) is 32.7 Å². The quantitative estimate of drug-likeness (QED) is 0.522. The molecule has 0 heterocycles. The van der Waals surface area contributed by atoms with Crippen LogP contribution >= 0.6 is 0 Å². The molecule has 0 unspecified atom stereocenters. The fourth-order valence-corrected chi connectivity index (χ4v) is 1.11. The maximum absolute atomic E-state index is 11.3. The van der Waals surface area contributed by atoms with Gasteiger partial charge in [-0.25, -0.2) is 4.79 Å². The zero-order valence-corrected chi connectivity index (χ0v) is 10.6. The molecule has 0 aromatic rings. The normalized spacial score (nSPS) is 14.8. The van der Waals surface area contributed by atoms with Crippen molar-refractivity contribution >= 4 is 17.9 Å². The van der Waals surface area contributed by atoms with Crippen LogP contribution in [0.2, 0.25) is 0 Å². The molecule has 1 fully saturated rings. The number of carbonyl (C=O) groups is 3. The number of aliphatic carboxylic acids is 1. The van der Waals surface area contributed by atoms with Crippen molar-refractivity contribution in [3.8, 4) is 0 Å². The second kappa shape index (κ2) is 5.70. The Morgan fingerprint density at radius 3 is 2.33 bits per heavy atom. The van der Waals surface area contributed by atoms with Crippen LogP contribution in [0.3, 0.4) is 0 Å². The van der Waals surface area contributed by atoms with Crippen molar-refractivity contribution in [2.75, 3.05) is 13.1 Å². The largest absolute Gasteiger partial charge is 0.481 e. The van der Waals surface area contributed by atoms with Crippen LogP contribution in [0.25, 0.3) is 0 Å². The Labute approximate surface area is 105 Å². The van der Waals surface area contributed by atoms with Crippen molar-refractivity contribution in [3.63, 3.8) is 0 Å². The maximum atomic E-state index is 11.3. The van der Waals surface area contributed by atoms with Gasteiger partial charge in [-0.1, -0.05) is 0 Å². The van der Waals surface area contributed by atoms with Crippen molar-refractivity contribution in [2.24, 2.45) is 5.41 Å². The van der Waals surface area contributed by atoms with Crippen molar-refractivity contribution in [3.05, 3.63) is 0 Å². The van der Waals surface area contributed by atoms with Gasteiger partial charge in [-0.05, 0) is 26.7 Å². The molecule has 0 spiro atoms. The van der Waals surface area contributed by atoms with Gasteiger partial charge in [0.05, 0.1) is 12.0 Å². The first-order chi connectivity index (χ1) is 8.31. The molecule has 0 aliphatic heterocycles. The standard InChI is InChI=1S/C11H19N3O4/c1-11(2,9(16)17)6-13-10(18)12-5-8(15)14-7-3-4-7/h7H,3-6H2,1-2H3,(H,14,15)(H,16,17)(H2,12,13,18). The predicted octanol–water partition coefficient (Wildman–Crippen LogP) is -0.325. The fraction of sp³-hybridized carbons (Fsp3) is 0.727. The van der Waals surface area contributed by atoms with E-state index in [-0.39, 0.29) is 25.0 Å². The molecule has 102 valence electrons. The second-order valence-electron chi connectivity index (χ2n) is 5.07. The minimum absolute atomic E-state index is 0.00158. The fourth-order valence-electron chi connectivity index (χ4n) is 1.11. The summed E-state index contributed by atoms with van der Waals surface area (Å²) in [6, 6.07) is -0.288. The van der Waals surface area contributed by atoms with Gasteiger partial charge < -0.3 is 21.1 Å². The van der Waals surface area contributed by atoms with Crippen LogP contribution in [0.4, 0.5) is 4.79 Å². The number of hydrogen-bond donors (Lipinski definition) is 4. The highest BCUT2D eigenvalue weighted by Gasteiger charge is 2.27. The van der Waals surface area contributed by atoms with Crippen molar-refractivity contribution < 1.29 is 19.5 Å². The third-order valence-corrected chi connectivity index (χ3v) is 2.62. The first-order valence-electron chi connectivity index (χ1n) is 5.86. The molecular formula is C11H19N3O4. The maximum Gasteiger partial charge on any atom is 0.315 e. The lowest BCUT2D eigenvalue weighted by atomic mass is 9.94. The van der Waals surface area contributed by atoms with Gasteiger partial charge in [0.1, 0.15) is 0 Å². The number of carboxylic acid groups (broad SMARTS) is 1. The lowest BCUT2D eigenvalue weighted by Crippen LogP contribution is -2.46. The minimum Gasteiger partial charge on any atom is -0.481 e. The Hall–Kier alpha value is -1.79. The van der Waals surface area contributed by atoms with Gasteiger partial charge in [0.2, 0.25) is 5.91 Å². The third kappa shape index (κ3) is 5.03. The number of carboxylic acids is 1. The molecule has 18 heavy (non-hydrogen) atoms. The number of urea groups is 1. The summed E-state index contributed by atoms with van der Waals surface area (Å²) >= 11 is 0. The molecule has 0 radical (unpaired) electrons. The summed E-state index contributed by atoms with van der Waals surface area (Å²) in [5.74, 6) is -1.22. The Balaban J connectivity index is 2.16. The van der Waals surface area contributed by atoms with Crippen molar-refractivity contribution in [1.82, 2.24) is 16.0 Å². The van der Waals surface area contributed by atoms with Crippen LogP contribution in [0.15, 0.2) is 0 Å². The van der Waals surface area contributed by atoms with Crippen molar-refractivity contribution in [1.29, 1.82) is 0 Å². The highest BCUT2D eigenvalue weighted by atomic mass is 16.4. The van der Waals surface area contributed by atoms with E-state index in [1.165, 1.54) is 13.8 Å². The molecular weight excluding hydrogens is 238 g/mol. The second-order valence-corrected chi connectivity index (χ2v) is 5.07. The van der Waals surface area contributed by atoms with Gasteiger partial charge in [0.15, 0.2) is 0 Å². The van der Waals surface area contributed by atoms with E-state index in [4.69, 9.17) is 5.11 Å². The van der Waals surface area contributed by atoms with E-state index in [1.807, 2.05) is 0 Å². The van der Waals surface area contributed by atoms with Crippen LogP contribution in [0.1, 0.15) is 26.7 Å². The first kappa shape index (κ1) is 14.3. The minimum atomic E-state index is -1.03. The number of carbonyl (C=O) groups excluding carboxylic acids is 2. The molecule has 1 saturated carbocycles. The van der Waals surface area contributed by atoms with Gasteiger partial charge >= 0.3 is 12.0 Å². The number of rotatable bonds is 6. The molecule has 4 N–H and O–H groups in total. The first-order valence-corrected chi connectivity index (χ1v) is 5.86. The monoisotopic (exact) mass is 257 g/mol. The summed E-state index contributed by atoms with van der Waals surface area (Å²) < 4.78 is 0. The summed E-state index contributed by atoms with van der Waals surface area (Å²) in [5.41, 5.74) is -1.03. The molecule has 3 amide bonds. The number of hydrogen-bond acceptors (Lipinski definition) is 3. The van der Waals surface area contributed by atoms with Gasteiger partial charge in [0, 0.05) is 12.6 Å². The van der Waals surface area contributed by atoms with Gasteiger partial charge in [-0.15, -0.1) is 0 Å². The Bertz CT molecular complexity index is 350. The van der Waals surface area contributed by atoms with Gasteiger partial charge in [-0.2, -0.15) is 0 Å². The Kier molecular flexibility index (Phi) is 4.52. The Morgan fingerprint density at radius 1 is 1.22 bits per heavy atom. The summed E-state index contributed by atoms with van der Waals surface area (Å²) in [6.45, 7) is 2.92. The summed E-state index contributed by atoms with van der Waals surface area (Å²) in [6.07, 6.45) is 1.98. The highest BCUT2D eigenvalue weighted by molar-refractivity contribution is 5.84. The average molecular weight is 257 g/mol. The molecule has 1 aliphatic carbocycles. The summed E-state index contributed by atoms with van der Waals surface area (Å²) in [5, 5.41) is 16.4. The van der Waals surface area contributed by atoms with E-state index in [9.17, 15) is 14.4 Å². The van der Waals surface area contributed by atoms with Gasteiger partial charge in [0.25, 0.3) is 0 Å². The zero-order valence-electron chi connectivity index (χ0n) is 10.6. The van der Waals surface area contributed by atoms with Crippen LogP contribution in [-0.4, -0.2) is 42.1 Å². The molecule has 1 rings (SSSR count). The Morgan fingerprint density at radius 2 is 1.83 bits per heavy atom. The van der Waals surface area contributed by atoms with Crippen LogP contribution in [0, 0.1) is 5.41 Å². The molecule has 0 atom stereocenters. The predicted molar refractivity (Wildman–Crippen MR) is 64.0 cm³/mol. The SMILES string of the molecule is CC(C)(CNC(=O)NCC(=O)NC1CC1)C(=O)O. The lowest BCUT2D eigenvalue weighted by Gasteiger charge is -2.19. The molecule has 0 aromatic carbocycles. The topological polar surface area (TPSA) is 108 Å². The lowest BCUT2D eigenvalue weighted by molar-refractivity contribution is -0.146. The van der Waals surface area contributed by atoms with E-state index in [0.717, 1.165) is 12.8 Å².